The monoisotopic (exact) mass is 566 g/mol. The Morgan fingerprint density at radius 1 is 1.14 bits per heavy atom. The van der Waals surface area contributed by atoms with Gasteiger partial charge >= 0.3 is 0 Å². The predicted octanol–water partition coefficient (Wildman–Crippen LogP) is 3.89. The van der Waals surface area contributed by atoms with Gasteiger partial charge in [0, 0.05) is 25.3 Å². The Bertz CT molecular complexity index is 1030. The van der Waals surface area contributed by atoms with Crippen LogP contribution in [-0.4, -0.2) is 42.8 Å². The highest BCUT2D eigenvalue weighted by Gasteiger charge is 2.37. The van der Waals surface area contributed by atoms with Gasteiger partial charge in [-0.05, 0) is 58.4 Å². The summed E-state index contributed by atoms with van der Waals surface area (Å²) in [7, 11) is -4.11. The lowest BCUT2D eigenvalue weighted by atomic mass is 10.1. The second-order valence-electron chi connectivity index (χ2n) is 5.84. The van der Waals surface area contributed by atoms with Crippen molar-refractivity contribution >= 4 is 77.1 Å². The van der Waals surface area contributed by atoms with Crippen molar-refractivity contribution in [3.63, 3.8) is 0 Å². The molecule has 1 fully saturated rings. The molecule has 0 saturated carbocycles. The number of hydrogen-bond acceptors (Lipinski definition) is 5. The average molecular weight is 569 g/mol. The molecule has 6 nitrogen and oxygen atoms in total. The van der Waals surface area contributed by atoms with E-state index in [1.165, 1.54) is 22.7 Å². The number of benzene rings is 2. The van der Waals surface area contributed by atoms with Crippen LogP contribution in [0.15, 0.2) is 56.3 Å². The third-order valence-electron chi connectivity index (χ3n) is 3.95. The maximum absolute atomic E-state index is 12.7. The largest absolute Gasteiger partial charge is 0.316 e. The van der Waals surface area contributed by atoms with Gasteiger partial charge in [-0.1, -0.05) is 27.5 Å². The molecule has 2 amide bonds. The van der Waals surface area contributed by atoms with Crippen molar-refractivity contribution < 1.29 is 18.0 Å². The maximum atomic E-state index is 12.7. The van der Waals surface area contributed by atoms with Crippen LogP contribution in [0.25, 0.3) is 0 Å². The summed E-state index contributed by atoms with van der Waals surface area (Å²) < 4.78 is 28.3. The van der Waals surface area contributed by atoms with Gasteiger partial charge in [0.1, 0.15) is 10.9 Å². The Labute approximate surface area is 188 Å². The summed E-state index contributed by atoms with van der Waals surface area (Å²) >= 11 is 13.6. The quantitative estimate of drug-likeness (QED) is 0.605. The zero-order chi connectivity index (χ0) is 20.5. The molecule has 28 heavy (non-hydrogen) atoms. The van der Waals surface area contributed by atoms with E-state index in [4.69, 9.17) is 11.6 Å². The molecule has 1 aliphatic rings. The molecule has 1 heterocycles. The number of sulfonamides is 1. The number of amides is 2. The molecule has 1 N–H and O–H groups in total. The highest BCUT2D eigenvalue weighted by Crippen LogP contribution is 2.27. The van der Waals surface area contributed by atoms with Crippen molar-refractivity contribution in [3.8, 4) is 0 Å². The van der Waals surface area contributed by atoms with Crippen LogP contribution in [0, 0.1) is 0 Å². The summed E-state index contributed by atoms with van der Waals surface area (Å²) in [5.74, 6) is -0.511. The first-order valence-electron chi connectivity index (χ1n) is 7.85. The van der Waals surface area contributed by atoms with Crippen molar-refractivity contribution in [2.24, 2.45) is 0 Å². The molecule has 0 bridgehead atoms. The molecule has 1 atom stereocenters. The maximum Gasteiger partial charge on any atom is 0.265 e. The molecule has 11 heteroatoms. The van der Waals surface area contributed by atoms with E-state index in [2.05, 4.69) is 36.6 Å². The van der Waals surface area contributed by atoms with E-state index in [-0.39, 0.29) is 10.8 Å². The molecule has 0 radical (unpaired) electrons. The van der Waals surface area contributed by atoms with Crippen LogP contribution >= 0.6 is 55.2 Å². The SMILES string of the molecule is O=C(NS(=O)(=O)c1cc(Br)ccc1Br)C1CSCN1C(=O)c1ccc(Cl)cc1. The smallest absolute Gasteiger partial charge is 0.265 e. The summed E-state index contributed by atoms with van der Waals surface area (Å²) in [4.78, 5) is 26.7. The van der Waals surface area contributed by atoms with Crippen LogP contribution in [0.5, 0.6) is 0 Å². The number of nitrogens with one attached hydrogen (secondary N) is 1. The first-order valence-corrected chi connectivity index (χ1v) is 12.5. The number of rotatable bonds is 4. The van der Waals surface area contributed by atoms with Crippen LogP contribution in [0.4, 0.5) is 0 Å². The third kappa shape index (κ3) is 4.73. The van der Waals surface area contributed by atoms with Gasteiger partial charge in [0.2, 0.25) is 0 Å². The average Bonchev–Trinajstić information content (AvgIpc) is 3.13. The first kappa shape index (κ1) is 21.6. The van der Waals surface area contributed by atoms with E-state index >= 15 is 0 Å². The summed E-state index contributed by atoms with van der Waals surface area (Å²) in [6, 6.07) is 10.0. The van der Waals surface area contributed by atoms with Crippen molar-refractivity contribution in [3.05, 3.63) is 62.0 Å². The molecule has 2 aromatic carbocycles. The fourth-order valence-electron chi connectivity index (χ4n) is 2.56. The van der Waals surface area contributed by atoms with Crippen LogP contribution in [0.1, 0.15) is 10.4 Å². The molecular weight excluding hydrogens is 556 g/mol. The second kappa shape index (κ2) is 8.74. The minimum Gasteiger partial charge on any atom is -0.316 e. The predicted molar refractivity (Wildman–Crippen MR) is 116 cm³/mol. The molecule has 148 valence electrons. The number of hydrogen-bond donors (Lipinski definition) is 1. The number of nitrogens with zero attached hydrogens (tertiary/aromatic N) is 1. The highest BCUT2D eigenvalue weighted by atomic mass is 79.9. The Hall–Kier alpha value is -1.07. The second-order valence-corrected chi connectivity index (χ2v) is 10.7. The molecule has 0 aliphatic carbocycles. The van der Waals surface area contributed by atoms with Gasteiger partial charge in [-0.3, -0.25) is 9.59 Å². The van der Waals surface area contributed by atoms with E-state index in [9.17, 15) is 18.0 Å². The minimum absolute atomic E-state index is 0.0727. The number of halogens is 3. The topological polar surface area (TPSA) is 83.6 Å². The number of carbonyl (C=O) groups excluding carboxylic acids is 2. The summed E-state index contributed by atoms with van der Waals surface area (Å²) in [5.41, 5.74) is 0.377. The summed E-state index contributed by atoms with van der Waals surface area (Å²) in [6.45, 7) is 0. The zero-order valence-corrected chi connectivity index (χ0v) is 19.6. The fraction of sp³-hybridized carbons (Fsp3) is 0.176. The molecule has 0 spiro atoms. The van der Waals surface area contributed by atoms with Crippen LogP contribution in [0.3, 0.4) is 0 Å². The lowest BCUT2D eigenvalue weighted by Gasteiger charge is -2.23. The van der Waals surface area contributed by atoms with Gasteiger partial charge in [0.15, 0.2) is 0 Å². The van der Waals surface area contributed by atoms with Gasteiger partial charge in [-0.25, -0.2) is 13.1 Å². The number of thioether (sulfide) groups is 1. The van der Waals surface area contributed by atoms with Gasteiger partial charge < -0.3 is 4.90 Å². The van der Waals surface area contributed by atoms with E-state index in [1.54, 1.807) is 36.4 Å². The Balaban J connectivity index is 1.80. The first-order chi connectivity index (χ1) is 13.2. The minimum atomic E-state index is -4.11. The standard InChI is InChI=1S/C17H13Br2ClN2O4S2/c18-11-3-6-13(19)15(7-11)28(25,26)21-16(23)14-8-27-9-22(14)17(24)10-1-4-12(20)5-2-10/h1-7,14H,8-9H2,(H,21,23). The summed E-state index contributed by atoms with van der Waals surface area (Å²) in [6.07, 6.45) is 0. The lowest BCUT2D eigenvalue weighted by Crippen LogP contribution is -2.48. The van der Waals surface area contributed by atoms with E-state index in [0.717, 1.165) is 0 Å². The molecule has 1 saturated heterocycles. The highest BCUT2D eigenvalue weighted by molar-refractivity contribution is 9.11. The Morgan fingerprint density at radius 3 is 2.50 bits per heavy atom. The lowest BCUT2D eigenvalue weighted by molar-refractivity contribution is -0.122. The van der Waals surface area contributed by atoms with Crippen LogP contribution in [0.2, 0.25) is 5.02 Å². The molecule has 3 rings (SSSR count). The van der Waals surface area contributed by atoms with E-state index < -0.39 is 22.0 Å². The van der Waals surface area contributed by atoms with Crippen molar-refractivity contribution in [1.82, 2.24) is 9.62 Å². The zero-order valence-electron chi connectivity index (χ0n) is 14.1. The van der Waals surface area contributed by atoms with Crippen molar-refractivity contribution in [1.29, 1.82) is 0 Å². The van der Waals surface area contributed by atoms with Crippen LogP contribution < -0.4 is 4.72 Å². The Morgan fingerprint density at radius 2 is 1.82 bits per heavy atom. The molecular formula is C17H13Br2ClN2O4S2. The van der Waals surface area contributed by atoms with Gasteiger partial charge in [-0.15, -0.1) is 11.8 Å². The molecule has 2 aromatic rings. The third-order valence-corrected chi connectivity index (χ3v) is 8.05. The fourth-order valence-corrected chi connectivity index (χ4v) is 6.35. The van der Waals surface area contributed by atoms with E-state index in [1.807, 2.05) is 0 Å². The molecule has 1 unspecified atom stereocenters. The van der Waals surface area contributed by atoms with Crippen LogP contribution in [-0.2, 0) is 14.8 Å². The molecule has 1 aliphatic heterocycles. The normalized spacial score (nSPS) is 16.8. The van der Waals surface area contributed by atoms with E-state index in [0.29, 0.717) is 31.2 Å². The van der Waals surface area contributed by atoms with Gasteiger partial charge in [-0.2, -0.15) is 0 Å². The summed E-state index contributed by atoms with van der Waals surface area (Å²) in [5, 5.41) is 0.493. The van der Waals surface area contributed by atoms with Gasteiger partial charge in [0.25, 0.3) is 21.8 Å². The Kier molecular flexibility index (Phi) is 6.76. The van der Waals surface area contributed by atoms with Gasteiger partial charge in [0.05, 0.1) is 5.88 Å². The van der Waals surface area contributed by atoms with Crippen molar-refractivity contribution in [2.75, 3.05) is 11.6 Å². The molecule has 0 aromatic heterocycles. The number of carbonyl (C=O) groups is 2. The van der Waals surface area contributed by atoms with Crippen molar-refractivity contribution in [2.45, 2.75) is 10.9 Å².